The van der Waals surface area contributed by atoms with E-state index in [0.717, 1.165) is 13.8 Å². The Balaban J connectivity index is 2.65. The number of carboxylic acids is 3. The first kappa shape index (κ1) is 54.8. The number of aliphatic hydroxyl groups excluding tert-OH is 10. The summed E-state index contributed by atoms with van der Waals surface area (Å²) >= 11 is 0. The van der Waals surface area contributed by atoms with Gasteiger partial charge < -0.3 is 91.2 Å². The number of rotatable bonds is 21. The monoisotopic (exact) mass is 971 g/mol. The molecule has 15 N–H and O–H groups in total. The highest BCUT2D eigenvalue weighted by Crippen LogP contribution is 2.60. The van der Waals surface area contributed by atoms with Crippen LogP contribution in [-0.2, 0) is 38.2 Å². The van der Waals surface area contributed by atoms with Crippen LogP contribution in [0.1, 0.15) is 104 Å². The van der Waals surface area contributed by atoms with E-state index in [-0.39, 0.29) is 0 Å². The Labute approximate surface area is 392 Å². The maximum atomic E-state index is 14.5. The molecular formula is C44H76N2O21. The lowest BCUT2D eigenvalue weighted by Crippen LogP contribution is -2.72. The molecule has 0 saturated carbocycles. The van der Waals surface area contributed by atoms with Gasteiger partial charge >= 0.3 is 17.9 Å². The zero-order chi connectivity index (χ0) is 53.0. The second-order valence-corrected chi connectivity index (χ2v) is 20.0. The largest absolute Gasteiger partial charge is 0.479 e. The number of hydrogen-bond acceptors (Lipinski definition) is 18. The van der Waals surface area contributed by atoms with Crippen LogP contribution in [-0.4, -0.2) is 205 Å². The van der Waals surface area contributed by atoms with Gasteiger partial charge in [0, 0.05) is 47.7 Å². The smallest absolute Gasteiger partial charge is 0.336 e. The van der Waals surface area contributed by atoms with Crippen LogP contribution in [0.25, 0.3) is 0 Å². The SMILES string of the molecule is [2H]CC(O)C(O)C1OC(C(=O)O)(C(CC2(C(=O)O)CC(O)C(NC(C)=O)C(C(O)C(O)CO)O2)C(C)(CC2(C(=O)O)CC(O)C(NC(C)=O)C(C(O)C(O)C[2H])O2)C(C(C)C)C(C)C)CC(O)C1C. The van der Waals surface area contributed by atoms with Crippen molar-refractivity contribution in [3.63, 3.8) is 0 Å². The Bertz CT molecular complexity index is 1780. The van der Waals surface area contributed by atoms with Crippen molar-refractivity contribution in [2.45, 2.75) is 203 Å². The molecule has 20 atom stereocenters. The molecule has 0 aromatic carbocycles. The molecule has 3 rings (SSSR count). The van der Waals surface area contributed by atoms with Crippen molar-refractivity contribution in [1.82, 2.24) is 10.6 Å². The van der Waals surface area contributed by atoms with Gasteiger partial charge in [0.2, 0.25) is 11.8 Å². The number of hydrogen-bond donors (Lipinski definition) is 15. The molecule has 3 aliphatic rings. The van der Waals surface area contributed by atoms with Crippen molar-refractivity contribution >= 4 is 29.7 Å². The van der Waals surface area contributed by atoms with E-state index in [4.69, 9.17) is 17.0 Å². The van der Waals surface area contributed by atoms with Crippen molar-refractivity contribution in [3.8, 4) is 0 Å². The topological polar surface area (TPSA) is 400 Å². The molecule has 2 amide bonds. The average molecular weight is 971 g/mol. The summed E-state index contributed by atoms with van der Waals surface area (Å²) in [5.41, 5.74) is -10.9. The van der Waals surface area contributed by atoms with Gasteiger partial charge in [0.25, 0.3) is 0 Å². The molecule has 388 valence electrons. The highest BCUT2D eigenvalue weighted by atomic mass is 16.6. The summed E-state index contributed by atoms with van der Waals surface area (Å²) in [5, 5.41) is 151. The van der Waals surface area contributed by atoms with Crippen LogP contribution in [0.4, 0.5) is 0 Å². The summed E-state index contributed by atoms with van der Waals surface area (Å²) in [5.74, 6) is -12.9. The van der Waals surface area contributed by atoms with Crippen LogP contribution in [0.3, 0.4) is 0 Å². The predicted octanol–water partition coefficient (Wildman–Crippen LogP) is -2.92. The van der Waals surface area contributed by atoms with Gasteiger partial charge in [0.05, 0.1) is 55.3 Å². The summed E-state index contributed by atoms with van der Waals surface area (Å²) in [6, 6.07) is -3.30. The fourth-order valence-corrected chi connectivity index (χ4v) is 11.6. The van der Waals surface area contributed by atoms with Crippen molar-refractivity contribution in [2.75, 3.05) is 6.61 Å². The molecule has 3 fully saturated rings. The Morgan fingerprint density at radius 3 is 1.51 bits per heavy atom. The third-order valence-electron chi connectivity index (χ3n) is 14.3. The zero-order valence-electron chi connectivity index (χ0n) is 41.2. The van der Waals surface area contributed by atoms with Crippen LogP contribution < -0.4 is 10.6 Å². The second-order valence-electron chi connectivity index (χ2n) is 20.0. The molecule has 0 aromatic heterocycles. The fourth-order valence-electron chi connectivity index (χ4n) is 11.6. The first-order valence-corrected chi connectivity index (χ1v) is 22.4. The second kappa shape index (κ2) is 22.3. The first-order valence-electron chi connectivity index (χ1n) is 23.8. The summed E-state index contributed by atoms with van der Waals surface area (Å²) in [6.45, 7) is 8.60. The van der Waals surface area contributed by atoms with Gasteiger partial charge in [0.1, 0.15) is 36.6 Å². The van der Waals surface area contributed by atoms with Crippen molar-refractivity contribution in [3.05, 3.63) is 0 Å². The minimum atomic E-state index is -2.99. The molecule has 23 nitrogen and oxygen atoms in total. The van der Waals surface area contributed by atoms with E-state index >= 15 is 0 Å². The highest BCUT2D eigenvalue weighted by molar-refractivity contribution is 5.81. The van der Waals surface area contributed by atoms with Crippen LogP contribution in [0.5, 0.6) is 0 Å². The Kier molecular flexibility index (Phi) is 18.2. The van der Waals surface area contributed by atoms with Gasteiger partial charge in [-0.25, -0.2) is 14.4 Å². The standard InChI is InChI=1S/C44H76N2O21/c1-17(2)29(18(3)4)41(10,16-43(39(61)62)12-26(54)30(45-22(8)50)36(66-43)33(57)21(7)49)28(44(40(63)64)13-24(52)19(5)35(67-44)32(56)20(6)48)14-42(38(59)60)11-25(53)31(46-23(9)51)37(65-42)34(58)27(55)15-47/h17-21,24-37,47-49,52-58H,11-16H2,1-10H3,(H,45,50)(H,46,51)(H,59,60)(H,61,62)(H,63,64)/i6D,7D. The quantitative estimate of drug-likeness (QED) is 0.0548. The summed E-state index contributed by atoms with van der Waals surface area (Å²) < 4.78 is 34.5. The fraction of sp³-hybridized carbons (Fsp3) is 0.886. The van der Waals surface area contributed by atoms with E-state index < -0.39 is 219 Å². The van der Waals surface area contributed by atoms with Crippen LogP contribution >= 0.6 is 0 Å². The molecule has 3 heterocycles. The number of carboxylic acid groups (broad SMARTS) is 3. The molecule has 0 aromatic rings. The molecule has 3 aliphatic heterocycles. The number of amides is 2. The third kappa shape index (κ3) is 11.9. The molecule has 3 saturated heterocycles. The summed E-state index contributed by atoms with van der Waals surface area (Å²) in [6.07, 6.45) is -29.1. The molecule has 0 aliphatic carbocycles. The van der Waals surface area contributed by atoms with E-state index in [2.05, 4.69) is 10.6 Å². The maximum Gasteiger partial charge on any atom is 0.336 e. The van der Waals surface area contributed by atoms with Crippen LogP contribution in [0.15, 0.2) is 0 Å². The molecule has 0 bridgehead atoms. The van der Waals surface area contributed by atoms with E-state index in [1.54, 1.807) is 27.7 Å². The van der Waals surface area contributed by atoms with Gasteiger partial charge in [-0.15, -0.1) is 0 Å². The van der Waals surface area contributed by atoms with E-state index in [9.17, 15) is 90.4 Å². The number of carbonyl (C=O) groups excluding carboxylic acids is 2. The molecular weight excluding hydrogens is 892 g/mol. The summed E-state index contributed by atoms with van der Waals surface area (Å²) in [4.78, 5) is 67.5. The van der Waals surface area contributed by atoms with Gasteiger partial charge in [-0.1, -0.05) is 41.5 Å². The van der Waals surface area contributed by atoms with Gasteiger partial charge in [0.15, 0.2) is 16.8 Å². The van der Waals surface area contributed by atoms with E-state index in [1.807, 2.05) is 0 Å². The Morgan fingerprint density at radius 2 is 1.10 bits per heavy atom. The van der Waals surface area contributed by atoms with Crippen molar-refractivity contribution < 1.29 is 107 Å². The minimum Gasteiger partial charge on any atom is -0.479 e. The Hall–Kier alpha value is -3.17. The van der Waals surface area contributed by atoms with Gasteiger partial charge in [-0.05, 0) is 49.8 Å². The van der Waals surface area contributed by atoms with E-state index in [0.29, 0.717) is 0 Å². The molecule has 67 heavy (non-hydrogen) atoms. The van der Waals surface area contributed by atoms with Crippen LogP contribution in [0, 0.1) is 35.0 Å². The molecule has 23 heteroatoms. The third-order valence-corrected chi connectivity index (χ3v) is 14.3. The van der Waals surface area contributed by atoms with Crippen molar-refractivity contribution in [1.29, 1.82) is 0 Å². The predicted molar refractivity (Wildman–Crippen MR) is 230 cm³/mol. The number of nitrogens with one attached hydrogen (secondary N) is 2. The van der Waals surface area contributed by atoms with Gasteiger partial charge in [-0.2, -0.15) is 0 Å². The number of carbonyl (C=O) groups is 5. The summed E-state index contributed by atoms with van der Waals surface area (Å²) in [7, 11) is 0. The lowest BCUT2D eigenvalue weighted by molar-refractivity contribution is -0.286. The van der Waals surface area contributed by atoms with Crippen molar-refractivity contribution in [2.24, 2.45) is 35.0 Å². The van der Waals surface area contributed by atoms with Crippen LogP contribution in [0.2, 0.25) is 0 Å². The number of aliphatic carboxylic acids is 3. The maximum absolute atomic E-state index is 14.5. The number of ether oxygens (including phenoxy) is 3. The first-order chi connectivity index (χ1) is 31.8. The number of aliphatic hydroxyl groups is 10. The van der Waals surface area contributed by atoms with E-state index in [1.165, 1.54) is 13.8 Å². The lowest BCUT2D eigenvalue weighted by Gasteiger charge is -2.60. The highest BCUT2D eigenvalue weighted by Gasteiger charge is 2.69. The average Bonchev–Trinajstić information content (AvgIpc) is 3.25. The molecule has 0 spiro atoms. The normalized spacial score (nSPS) is 37.2. The zero-order valence-corrected chi connectivity index (χ0v) is 39.2. The molecule has 0 radical (unpaired) electrons. The minimum absolute atomic E-state index is 0.641. The lowest BCUT2D eigenvalue weighted by atomic mass is 9.50. The molecule has 20 unspecified atom stereocenters. The Morgan fingerprint density at radius 1 is 0.672 bits per heavy atom. The van der Waals surface area contributed by atoms with Gasteiger partial charge in [-0.3, -0.25) is 9.59 Å².